The van der Waals surface area contributed by atoms with Crippen molar-refractivity contribution in [3.8, 4) is 0 Å². The molecule has 1 aromatic carbocycles. The summed E-state index contributed by atoms with van der Waals surface area (Å²) in [5.41, 5.74) is 2.42. The molecule has 1 aliphatic carbocycles. The second kappa shape index (κ2) is 11.6. The van der Waals surface area contributed by atoms with Gasteiger partial charge in [-0.15, -0.1) is 5.10 Å². The average molecular weight is 512 g/mol. The quantitative estimate of drug-likeness (QED) is 0.365. The van der Waals surface area contributed by atoms with Gasteiger partial charge in [0.2, 0.25) is 0 Å². The van der Waals surface area contributed by atoms with Crippen LogP contribution in [-0.4, -0.2) is 51.0 Å². The number of aryl methyl sites for hydroxylation is 1. The number of anilines is 3. The minimum atomic E-state index is -0.641. The number of pyridine rings is 1. The topological polar surface area (TPSA) is 98.9 Å². The van der Waals surface area contributed by atoms with E-state index in [1.807, 2.05) is 11.0 Å². The first-order valence-corrected chi connectivity index (χ1v) is 12.7. The third-order valence-corrected chi connectivity index (χ3v) is 6.79. The summed E-state index contributed by atoms with van der Waals surface area (Å²) in [6, 6.07) is 5.44. The minimum absolute atomic E-state index is 0.168. The maximum absolute atomic E-state index is 14.0. The van der Waals surface area contributed by atoms with E-state index in [2.05, 4.69) is 32.6 Å². The normalized spacial score (nSPS) is 13.7. The summed E-state index contributed by atoms with van der Waals surface area (Å²) >= 11 is 0. The highest BCUT2D eigenvalue weighted by atomic mass is 19.1. The molecule has 0 unspecified atom stereocenters. The first-order valence-electron chi connectivity index (χ1n) is 12.7. The van der Waals surface area contributed by atoms with Crippen molar-refractivity contribution >= 4 is 23.3 Å². The number of tetrazole rings is 1. The van der Waals surface area contributed by atoms with Crippen molar-refractivity contribution in [3.05, 3.63) is 52.6 Å². The van der Waals surface area contributed by atoms with E-state index < -0.39 is 11.6 Å². The first-order chi connectivity index (χ1) is 17.8. The van der Waals surface area contributed by atoms with E-state index >= 15 is 0 Å². The lowest BCUT2D eigenvalue weighted by Gasteiger charge is -2.30. The first kappa shape index (κ1) is 26.4. The van der Waals surface area contributed by atoms with Crippen molar-refractivity contribution in [2.45, 2.75) is 52.6 Å². The van der Waals surface area contributed by atoms with Crippen LogP contribution in [0.2, 0.25) is 0 Å². The molecule has 0 radical (unpaired) electrons. The Bertz CT molecular complexity index is 1220. The van der Waals surface area contributed by atoms with Gasteiger partial charge in [-0.3, -0.25) is 0 Å². The lowest BCUT2D eigenvalue weighted by Crippen LogP contribution is -2.32. The molecule has 37 heavy (non-hydrogen) atoms. The van der Waals surface area contributed by atoms with Gasteiger partial charge in [-0.1, -0.05) is 17.9 Å². The Morgan fingerprint density at radius 1 is 1.11 bits per heavy atom. The van der Waals surface area contributed by atoms with Crippen LogP contribution in [0.3, 0.4) is 0 Å². The number of nitrogens with one attached hydrogen (secondary N) is 2. The molecule has 11 heteroatoms. The highest BCUT2D eigenvalue weighted by molar-refractivity contribution is 6.01. The van der Waals surface area contributed by atoms with E-state index in [9.17, 15) is 8.78 Å². The third-order valence-electron chi connectivity index (χ3n) is 6.79. The van der Waals surface area contributed by atoms with Crippen LogP contribution in [-0.2, 0) is 20.1 Å². The molecule has 0 amide bonds. The lowest BCUT2D eigenvalue weighted by atomic mass is 10.0. The Kier molecular flexibility index (Phi) is 8.30. The number of halogens is 2. The van der Waals surface area contributed by atoms with Crippen molar-refractivity contribution in [3.63, 3.8) is 0 Å². The molecule has 2 N–H and O–H groups in total. The summed E-state index contributed by atoms with van der Waals surface area (Å²) in [4.78, 5) is 10.4. The average Bonchev–Trinajstić information content (AvgIpc) is 3.53. The molecule has 3 aromatic rings. The van der Waals surface area contributed by atoms with Crippen LogP contribution >= 0.6 is 0 Å². The molecule has 4 rings (SSSR count). The number of rotatable bonds is 11. The maximum atomic E-state index is 14.0. The molecule has 1 fully saturated rings. The van der Waals surface area contributed by atoms with Gasteiger partial charge in [-0.2, -0.15) is 4.80 Å². The molecular formula is C26H35F2N9. The zero-order chi connectivity index (χ0) is 26.5. The minimum Gasteiger partial charge on any atom is -0.373 e. The number of benzene rings is 1. The predicted octanol–water partition coefficient (Wildman–Crippen LogP) is 4.54. The van der Waals surface area contributed by atoms with Crippen LogP contribution in [0.1, 0.15) is 56.2 Å². The van der Waals surface area contributed by atoms with Crippen LogP contribution in [0.4, 0.5) is 26.4 Å². The largest absolute Gasteiger partial charge is 0.373 e. The van der Waals surface area contributed by atoms with E-state index in [4.69, 9.17) is 10.4 Å². The van der Waals surface area contributed by atoms with Crippen LogP contribution in [0.5, 0.6) is 0 Å². The Balaban J connectivity index is 1.77. The molecule has 1 saturated carbocycles. The van der Waals surface area contributed by atoms with Crippen molar-refractivity contribution in [2.75, 3.05) is 35.3 Å². The van der Waals surface area contributed by atoms with Gasteiger partial charge in [0.15, 0.2) is 0 Å². The fraction of sp³-hybridized carbons (Fsp3) is 0.500. The number of hydrogen-bond donors (Lipinski definition) is 2. The molecule has 9 nitrogen and oxygen atoms in total. The third kappa shape index (κ3) is 6.39. The number of aromatic nitrogens is 5. The fourth-order valence-electron chi connectivity index (χ4n) is 5.01. The Morgan fingerprint density at radius 3 is 2.38 bits per heavy atom. The van der Waals surface area contributed by atoms with Crippen molar-refractivity contribution in [2.24, 2.45) is 13.0 Å². The van der Waals surface area contributed by atoms with Gasteiger partial charge in [-0.25, -0.2) is 13.8 Å². The summed E-state index contributed by atoms with van der Waals surface area (Å²) < 4.78 is 28.0. The Morgan fingerprint density at radius 2 is 1.81 bits per heavy atom. The van der Waals surface area contributed by atoms with Crippen LogP contribution in [0.15, 0.2) is 24.3 Å². The Hall–Kier alpha value is -3.63. The van der Waals surface area contributed by atoms with Crippen molar-refractivity contribution in [1.29, 1.82) is 5.41 Å². The zero-order valence-corrected chi connectivity index (χ0v) is 21.9. The molecule has 198 valence electrons. The van der Waals surface area contributed by atoms with Gasteiger partial charge in [0.1, 0.15) is 23.3 Å². The van der Waals surface area contributed by atoms with Gasteiger partial charge in [-0.05, 0) is 61.6 Å². The molecule has 0 aliphatic heterocycles. The molecule has 0 spiro atoms. The van der Waals surface area contributed by atoms with Crippen LogP contribution in [0, 0.1) is 23.0 Å². The van der Waals surface area contributed by atoms with Crippen molar-refractivity contribution in [1.82, 2.24) is 25.2 Å². The fourth-order valence-corrected chi connectivity index (χ4v) is 5.01. The molecule has 1 aliphatic rings. The molecule has 0 bridgehead atoms. The summed E-state index contributed by atoms with van der Waals surface area (Å²) in [6.07, 6.45) is 4.94. The van der Waals surface area contributed by atoms with Gasteiger partial charge in [0, 0.05) is 56.1 Å². The summed E-state index contributed by atoms with van der Waals surface area (Å²) in [6.45, 7) is 6.02. The van der Waals surface area contributed by atoms with Gasteiger partial charge in [0.05, 0.1) is 7.05 Å². The molecule has 2 aromatic heterocycles. The lowest BCUT2D eigenvalue weighted by molar-refractivity contribution is 0.532. The van der Waals surface area contributed by atoms with Crippen LogP contribution < -0.4 is 15.1 Å². The van der Waals surface area contributed by atoms with Gasteiger partial charge in [0.25, 0.3) is 5.95 Å². The van der Waals surface area contributed by atoms with E-state index in [1.54, 1.807) is 21.0 Å². The predicted molar refractivity (Wildman–Crippen MR) is 141 cm³/mol. The molecule has 0 atom stereocenters. The standard InChI is InChI=1S/C26H35F2N9/c1-5-36(14-18-8-6-7-9-18)25-20(12-23(17(2)29)24(30-3)31-25)16-37(26-32-34-35(4)33-26)15-19-10-21(27)13-22(28)11-19/h10-13,18,29H,5-9,14-16H2,1-4H3,(H,30,31). The number of hydrogen-bond acceptors (Lipinski definition) is 8. The highest BCUT2D eigenvalue weighted by Gasteiger charge is 2.24. The summed E-state index contributed by atoms with van der Waals surface area (Å²) in [7, 11) is 3.47. The maximum Gasteiger partial charge on any atom is 0.266 e. The van der Waals surface area contributed by atoms with Gasteiger partial charge < -0.3 is 20.5 Å². The number of nitrogens with zero attached hydrogens (tertiary/aromatic N) is 7. The molecular weight excluding hydrogens is 476 g/mol. The molecule has 2 heterocycles. The monoisotopic (exact) mass is 511 g/mol. The van der Waals surface area contributed by atoms with Gasteiger partial charge >= 0.3 is 0 Å². The second-order valence-electron chi connectivity index (χ2n) is 9.64. The summed E-state index contributed by atoms with van der Waals surface area (Å²) in [5.74, 6) is 1.14. The smallest absolute Gasteiger partial charge is 0.266 e. The van der Waals surface area contributed by atoms with Crippen LogP contribution in [0.25, 0.3) is 0 Å². The van der Waals surface area contributed by atoms with E-state index in [1.165, 1.54) is 42.6 Å². The van der Waals surface area contributed by atoms with Crippen molar-refractivity contribution < 1.29 is 8.78 Å². The SMILES string of the molecule is CCN(CC1CCCC1)c1nc(NC)c(C(C)=N)cc1CN(Cc1cc(F)cc(F)c1)c1nnn(C)n1. The van der Waals surface area contributed by atoms with E-state index in [0.29, 0.717) is 41.1 Å². The highest BCUT2D eigenvalue weighted by Crippen LogP contribution is 2.31. The Labute approximate surface area is 216 Å². The zero-order valence-electron chi connectivity index (χ0n) is 21.9. The second-order valence-corrected chi connectivity index (χ2v) is 9.64. The molecule has 0 saturated heterocycles. The van der Waals surface area contributed by atoms with E-state index in [0.717, 1.165) is 30.5 Å². The summed E-state index contributed by atoms with van der Waals surface area (Å²) in [5, 5.41) is 24.0. The van der Waals surface area contributed by atoms with E-state index in [-0.39, 0.29) is 6.54 Å².